The van der Waals surface area contributed by atoms with E-state index in [1.165, 1.54) is 7.11 Å². The number of phenols is 1. The molecule has 0 saturated carbocycles. The number of hydrogen-bond acceptors (Lipinski definition) is 6. The molecule has 5 aromatic rings. The number of aryl methyl sites for hydroxylation is 2. The highest BCUT2D eigenvalue weighted by Crippen LogP contribution is 2.36. The van der Waals surface area contributed by atoms with E-state index >= 15 is 0 Å². The summed E-state index contributed by atoms with van der Waals surface area (Å²) in [6.45, 7) is 3.84. The van der Waals surface area contributed by atoms with Crippen LogP contribution in [0.4, 0.5) is 5.69 Å². The number of amides is 1. The van der Waals surface area contributed by atoms with Crippen molar-refractivity contribution in [3.8, 4) is 23.0 Å². The maximum absolute atomic E-state index is 13.0. The van der Waals surface area contributed by atoms with Gasteiger partial charge in [0.15, 0.2) is 10.7 Å². The van der Waals surface area contributed by atoms with Gasteiger partial charge in [0.2, 0.25) is 5.89 Å². The van der Waals surface area contributed by atoms with E-state index in [9.17, 15) is 9.90 Å². The van der Waals surface area contributed by atoms with Crippen LogP contribution in [-0.2, 0) is 6.42 Å². The van der Waals surface area contributed by atoms with Crippen molar-refractivity contribution in [2.45, 2.75) is 20.3 Å². The van der Waals surface area contributed by atoms with E-state index in [1.54, 1.807) is 25.1 Å². The van der Waals surface area contributed by atoms with Crippen molar-refractivity contribution in [3.63, 3.8) is 0 Å². The Hall–Kier alpha value is -4.43. The third-order valence-electron chi connectivity index (χ3n) is 6.19. The van der Waals surface area contributed by atoms with Gasteiger partial charge in [-0.05, 0) is 83.9 Å². The van der Waals surface area contributed by atoms with Crippen LogP contribution < -0.4 is 15.4 Å². The Labute approximate surface area is 219 Å². The predicted octanol–water partition coefficient (Wildman–Crippen LogP) is 6.36. The summed E-state index contributed by atoms with van der Waals surface area (Å²) in [5.74, 6) is 0.400. The third kappa shape index (κ3) is 4.83. The van der Waals surface area contributed by atoms with Crippen molar-refractivity contribution in [2.24, 2.45) is 0 Å². The zero-order chi connectivity index (χ0) is 26.1. The van der Waals surface area contributed by atoms with Gasteiger partial charge < -0.3 is 19.6 Å². The number of carbonyl (C=O) groups excluding carboxylic acids is 1. The first-order chi connectivity index (χ1) is 17.9. The number of rotatable bonds is 5. The van der Waals surface area contributed by atoms with Crippen LogP contribution in [0.25, 0.3) is 33.3 Å². The van der Waals surface area contributed by atoms with Crippen LogP contribution in [0.15, 0.2) is 71.1 Å². The Kier molecular flexibility index (Phi) is 6.50. The number of nitrogens with zero attached hydrogens (tertiary/aromatic N) is 1. The maximum atomic E-state index is 13.0. The topological polar surface area (TPSA) is 96.6 Å². The van der Waals surface area contributed by atoms with Crippen molar-refractivity contribution in [1.29, 1.82) is 0 Å². The number of ether oxygens (including phenoxy) is 1. The predicted molar refractivity (Wildman–Crippen MR) is 149 cm³/mol. The summed E-state index contributed by atoms with van der Waals surface area (Å²) in [6.07, 6.45) is 0.885. The van der Waals surface area contributed by atoms with Gasteiger partial charge in [0.25, 0.3) is 5.91 Å². The average molecular weight is 512 g/mol. The maximum Gasteiger partial charge on any atom is 0.261 e. The molecule has 37 heavy (non-hydrogen) atoms. The number of carbonyl (C=O) groups is 1. The average Bonchev–Trinajstić information content (AvgIpc) is 3.32. The summed E-state index contributed by atoms with van der Waals surface area (Å²) < 4.78 is 11.4. The van der Waals surface area contributed by atoms with Crippen LogP contribution in [0.2, 0.25) is 0 Å². The molecule has 1 aromatic heterocycles. The number of methoxy groups -OCH3 is 1. The summed E-state index contributed by atoms with van der Waals surface area (Å²) in [5.41, 5.74) is 4.45. The van der Waals surface area contributed by atoms with Crippen molar-refractivity contribution in [1.82, 2.24) is 10.3 Å². The van der Waals surface area contributed by atoms with E-state index in [0.29, 0.717) is 39.6 Å². The molecule has 1 heterocycles. The zero-order valence-electron chi connectivity index (χ0n) is 20.6. The lowest BCUT2D eigenvalue weighted by Crippen LogP contribution is -2.34. The van der Waals surface area contributed by atoms with Crippen LogP contribution >= 0.6 is 12.2 Å². The Bertz CT molecular complexity index is 1680. The first-order valence-electron chi connectivity index (χ1n) is 11.8. The number of anilines is 1. The molecule has 0 fully saturated rings. The highest BCUT2D eigenvalue weighted by Gasteiger charge is 2.18. The Balaban J connectivity index is 1.39. The lowest BCUT2D eigenvalue weighted by Gasteiger charge is -2.14. The van der Waals surface area contributed by atoms with Crippen molar-refractivity contribution in [2.75, 3.05) is 12.4 Å². The molecule has 0 saturated heterocycles. The molecule has 186 valence electrons. The highest BCUT2D eigenvalue weighted by molar-refractivity contribution is 7.80. The molecule has 0 aliphatic heterocycles. The zero-order valence-corrected chi connectivity index (χ0v) is 21.4. The standard InChI is InChI=1S/C29H25N3O4S/c1-4-17-9-10-24-23(12-17)31-28(36-24)22-15-20(11-16(2)26(22)33)30-29(37)32-27(34)21-13-18-7-5-6-8-19(18)14-25(21)35-3/h5-15,33H,4H2,1-3H3,(H2,30,32,34,37). The van der Waals surface area contributed by atoms with Crippen LogP contribution in [0.5, 0.6) is 11.5 Å². The van der Waals surface area contributed by atoms with Gasteiger partial charge >= 0.3 is 0 Å². The van der Waals surface area contributed by atoms with Crippen molar-refractivity contribution >= 4 is 50.8 Å². The van der Waals surface area contributed by atoms with Crippen LogP contribution in [0.1, 0.15) is 28.4 Å². The normalized spacial score (nSPS) is 11.0. The van der Waals surface area contributed by atoms with E-state index in [1.807, 2.05) is 48.5 Å². The summed E-state index contributed by atoms with van der Waals surface area (Å²) in [6, 6.07) is 20.6. The summed E-state index contributed by atoms with van der Waals surface area (Å²) in [5, 5.41) is 18.4. The second-order valence-corrected chi connectivity index (χ2v) is 9.08. The first-order valence-corrected chi connectivity index (χ1v) is 12.2. The number of benzene rings is 4. The van der Waals surface area contributed by atoms with E-state index in [4.69, 9.17) is 21.4 Å². The lowest BCUT2D eigenvalue weighted by atomic mass is 10.1. The number of hydrogen-bond donors (Lipinski definition) is 3. The van der Waals surface area contributed by atoms with Crippen LogP contribution in [-0.4, -0.2) is 28.2 Å². The summed E-state index contributed by atoms with van der Waals surface area (Å²) in [4.78, 5) is 17.6. The van der Waals surface area contributed by atoms with Crippen LogP contribution in [0, 0.1) is 6.92 Å². The second kappa shape index (κ2) is 9.91. The summed E-state index contributed by atoms with van der Waals surface area (Å²) >= 11 is 5.42. The Morgan fingerprint density at radius 3 is 2.57 bits per heavy atom. The van der Waals surface area contributed by atoms with Gasteiger partial charge in [0, 0.05) is 5.69 Å². The highest BCUT2D eigenvalue weighted by atomic mass is 32.1. The SMILES string of the molecule is CCc1ccc2oc(-c3cc(NC(=S)NC(=O)c4cc5ccccc5cc4OC)cc(C)c3O)nc2c1. The fraction of sp³-hybridized carbons (Fsp3) is 0.138. The number of phenolic OH excluding ortho intramolecular Hbond substituents is 1. The minimum atomic E-state index is -0.401. The molecule has 3 N–H and O–H groups in total. The molecule has 5 rings (SSSR count). The van der Waals surface area contributed by atoms with Gasteiger partial charge in [-0.3, -0.25) is 10.1 Å². The van der Waals surface area contributed by atoms with Crippen molar-refractivity contribution < 1.29 is 19.1 Å². The lowest BCUT2D eigenvalue weighted by molar-refractivity contribution is 0.0975. The molecule has 0 aliphatic carbocycles. The number of oxazole rings is 1. The van der Waals surface area contributed by atoms with Gasteiger partial charge in [-0.25, -0.2) is 4.98 Å². The Morgan fingerprint density at radius 2 is 1.84 bits per heavy atom. The summed E-state index contributed by atoms with van der Waals surface area (Å²) in [7, 11) is 1.52. The smallest absolute Gasteiger partial charge is 0.261 e. The number of nitrogens with one attached hydrogen (secondary N) is 2. The quantitative estimate of drug-likeness (QED) is 0.187. The monoisotopic (exact) mass is 511 g/mol. The van der Waals surface area contributed by atoms with Gasteiger partial charge in [0.1, 0.15) is 17.0 Å². The van der Waals surface area contributed by atoms with Gasteiger partial charge in [-0.2, -0.15) is 0 Å². The molecular weight excluding hydrogens is 486 g/mol. The molecule has 4 aromatic carbocycles. The van der Waals surface area contributed by atoms with E-state index in [-0.39, 0.29) is 10.9 Å². The molecule has 8 heteroatoms. The third-order valence-corrected chi connectivity index (χ3v) is 6.39. The molecule has 1 amide bonds. The van der Waals surface area contributed by atoms with Gasteiger partial charge in [-0.1, -0.05) is 37.3 Å². The van der Waals surface area contributed by atoms with Gasteiger partial charge in [-0.15, -0.1) is 0 Å². The van der Waals surface area contributed by atoms with Crippen molar-refractivity contribution in [3.05, 3.63) is 83.4 Å². The second-order valence-electron chi connectivity index (χ2n) is 8.67. The molecule has 0 aliphatic rings. The molecular formula is C29H25N3O4S. The number of thiocarbonyl (C=S) groups is 1. The number of aromatic hydroxyl groups is 1. The van der Waals surface area contributed by atoms with E-state index in [0.717, 1.165) is 28.3 Å². The molecule has 0 atom stereocenters. The molecule has 0 unspecified atom stereocenters. The van der Waals surface area contributed by atoms with E-state index in [2.05, 4.69) is 22.5 Å². The number of fused-ring (bicyclic) bond motifs is 2. The minimum absolute atomic E-state index is 0.0590. The molecule has 7 nitrogen and oxygen atoms in total. The first kappa shape index (κ1) is 24.3. The molecule has 0 bridgehead atoms. The van der Waals surface area contributed by atoms with Crippen LogP contribution in [0.3, 0.4) is 0 Å². The molecule has 0 spiro atoms. The van der Waals surface area contributed by atoms with Gasteiger partial charge in [0.05, 0.1) is 18.2 Å². The largest absolute Gasteiger partial charge is 0.507 e. The fourth-order valence-electron chi connectivity index (χ4n) is 4.22. The Morgan fingerprint density at radius 1 is 1.08 bits per heavy atom. The van der Waals surface area contributed by atoms with E-state index < -0.39 is 5.91 Å². The minimum Gasteiger partial charge on any atom is -0.507 e. The molecule has 0 radical (unpaired) electrons. The number of aromatic nitrogens is 1. The fourth-order valence-corrected chi connectivity index (χ4v) is 4.43.